The number of nitrogens with one attached hydrogen (secondary N) is 1. The Bertz CT molecular complexity index is 981. The third-order valence-corrected chi connectivity index (χ3v) is 4.90. The average Bonchev–Trinajstić information content (AvgIpc) is 2.71. The molecule has 0 aromatic heterocycles. The molecule has 0 unspecified atom stereocenters. The molecule has 4 rings (SSSR count). The van der Waals surface area contributed by atoms with Gasteiger partial charge in [0.25, 0.3) is 5.91 Å². The van der Waals surface area contributed by atoms with Crippen molar-refractivity contribution in [3.05, 3.63) is 83.4 Å². The van der Waals surface area contributed by atoms with Gasteiger partial charge in [-0.1, -0.05) is 54.6 Å². The Labute approximate surface area is 152 Å². The molecular formula is C22H20N2O2. The molecule has 4 heteroatoms. The first-order valence-corrected chi connectivity index (χ1v) is 8.82. The number of carbonyl (C=O) groups is 2. The van der Waals surface area contributed by atoms with E-state index in [1.165, 1.54) is 11.1 Å². The Morgan fingerprint density at radius 3 is 2.46 bits per heavy atom. The van der Waals surface area contributed by atoms with Gasteiger partial charge in [-0.15, -0.1) is 0 Å². The SMILES string of the molecule is O=C(NCC(=O)N1CCc2ccccc2C1)c1ccc2ccccc2c1. The third kappa shape index (κ3) is 3.31. The molecule has 3 aromatic carbocycles. The fraction of sp³-hybridized carbons (Fsp3) is 0.182. The summed E-state index contributed by atoms with van der Waals surface area (Å²) in [7, 11) is 0. The van der Waals surface area contributed by atoms with Gasteiger partial charge in [-0.3, -0.25) is 9.59 Å². The number of carbonyl (C=O) groups excluding carboxylic acids is 2. The minimum absolute atomic E-state index is 0.0217. The van der Waals surface area contributed by atoms with Crippen molar-refractivity contribution >= 4 is 22.6 Å². The van der Waals surface area contributed by atoms with E-state index in [0.29, 0.717) is 18.7 Å². The van der Waals surface area contributed by atoms with Crippen LogP contribution in [0, 0.1) is 0 Å². The van der Waals surface area contributed by atoms with Crippen molar-refractivity contribution < 1.29 is 9.59 Å². The number of hydrogen-bond acceptors (Lipinski definition) is 2. The fourth-order valence-electron chi connectivity index (χ4n) is 3.41. The van der Waals surface area contributed by atoms with Gasteiger partial charge in [0.15, 0.2) is 0 Å². The minimum atomic E-state index is -0.221. The van der Waals surface area contributed by atoms with Gasteiger partial charge in [0.1, 0.15) is 0 Å². The van der Waals surface area contributed by atoms with Crippen LogP contribution in [-0.2, 0) is 17.8 Å². The second-order valence-electron chi connectivity index (χ2n) is 6.58. The van der Waals surface area contributed by atoms with Crippen LogP contribution in [0.4, 0.5) is 0 Å². The van der Waals surface area contributed by atoms with E-state index in [1.54, 1.807) is 6.07 Å². The molecule has 1 heterocycles. The van der Waals surface area contributed by atoms with E-state index in [-0.39, 0.29) is 18.4 Å². The van der Waals surface area contributed by atoms with Crippen LogP contribution in [0.1, 0.15) is 21.5 Å². The van der Waals surface area contributed by atoms with Crippen LogP contribution in [-0.4, -0.2) is 29.8 Å². The van der Waals surface area contributed by atoms with E-state index in [9.17, 15) is 9.59 Å². The number of hydrogen-bond donors (Lipinski definition) is 1. The summed E-state index contributed by atoms with van der Waals surface area (Å²) < 4.78 is 0. The van der Waals surface area contributed by atoms with E-state index in [0.717, 1.165) is 17.2 Å². The maximum absolute atomic E-state index is 12.5. The first-order chi connectivity index (χ1) is 12.7. The molecule has 0 saturated carbocycles. The molecule has 1 N–H and O–H groups in total. The Hall–Kier alpha value is -3.14. The standard InChI is InChI=1S/C22H20N2O2/c25-21(24-12-11-17-6-2-4-8-20(17)15-24)14-23-22(26)19-10-9-16-5-1-3-7-18(16)13-19/h1-10,13H,11-12,14-15H2,(H,23,26). The molecule has 1 aliphatic heterocycles. The van der Waals surface area contributed by atoms with Gasteiger partial charge in [0.05, 0.1) is 6.54 Å². The average molecular weight is 344 g/mol. The highest BCUT2D eigenvalue weighted by atomic mass is 16.2. The van der Waals surface area contributed by atoms with Crippen LogP contribution in [0.2, 0.25) is 0 Å². The molecule has 0 aliphatic carbocycles. The Kier molecular flexibility index (Phi) is 4.40. The molecule has 2 amide bonds. The smallest absolute Gasteiger partial charge is 0.251 e. The lowest BCUT2D eigenvalue weighted by atomic mass is 10.00. The lowest BCUT2D eigenvalue weighted by Crippen LogP contribution is -2.42. The van der Waals surface area contributed by atoms with Gasteiger partial charge >= 0.3 is 0 Å². The molecule has 26 heavy (non-hydrogen) atoms. The van der Waals surface area contributed by atoms with Crippen LogP contribution in [0.25, 0.3) is 10.8 Å². The highest BCUT2D eigenvalue weighted by Gasteiger charge is 2.20. The predicted molar refractivity (Wildman–Crippen MR) is 102 cm³/mol. The molecule has 0 fully saturated rings. The number of amides is 2. The highest BCUT2D eigenvalue weighted by molar-refractivity contribution is 6.00. The maximum atomic E-state index is 12.5. The van der Waals surface area contributed by atoms with Crippen LogP contribution < -0.4 is 5.32 Å². The first-order valence-electron chi connectivity index (χ1n) is 8.82. The monoisotopic (exact) mass is 344 g/mol. The second kappa shape index (κ2) is 7.00. The van der Waals surface area contributed by atoms with Crippen molar-refractivity contribution in [2.24, 2.45) is 0 Å². The summed E-state index contributed by atoms with van der Waals surface area (Å²) in [6.45, 7) is 1.33. The number of rotatable bonds is 3. The van der Waals surface area contributed by atoms with Crippen molar-refractivity contribution in [3.63, 3.8) is 0 Å². The molecule has 0 radical (unpaired) electrons. The van der Waals surface area contributed by atoms with E-state index in [4.69, 9.17) is 0 Å². The summed E-state index contributed by atoms with van der Waals surface area (Å²) in [5.74, 6) is -0.268. The second-order valence-corrected chi connectivity index (χ2v) is 6.58. The summed E-state index contributed by atoms with van der Waals surface area (Å²) in [4.78, 5) is 26.7. The molecule has 1 aliphatic rings. The Morgan fingerprint density at radius 1 is 0.885 bits per heavy atom. The largest absolute Gasteiger partial charge is 0.343 e. The van der Waals surface area contributed by atoms with Crippen molar-refractivity contribution in [1.82, 2.24) is 10.2 Å². The lowest BCUT2D eigenvalue weighted by Gasteiger charge is -2.29. The van der Waals surface area contributed by atoms with E-state index < -0.39 is 0 Å². The lowest BCUT2D eigenvalue weighted by molar-refractivity contribution is -0.131. The number of fused-ring (bicyclic) bond motifs is 2. The van der Waals surface area contributed by atoms with E-state index in [1.807, 2.05) is 53.4 Å². The minimum Gasteiger partial charge on any atom is -0.343 e. The summed E-state index contributed by atoms with van der Waals surface area (Å²) in [6, 6.07) is 21.7. The van der Waals surface area contributed by atoms with Crippen LogP contribution in [0.5, 0.6) is 0 Å². The van der Waals surface area contributed by atoms with Crippen molar-refractivity contribution in [2.45, 2.75) is 13.0 Å². The first kappa shape index (κ1) is 16.3. The van der Waals surface area contributed by atoms with Crippen molar-refractivity contribution in [2.75, 3.05) is 13.1 Å². The molecule has 0 saturated heterocycles. The predicted octanol–water partition coefficient (Wildman–Crippen LogP) is 3.15. The zero-order valence-electron chi connectivity index (χ0n) is 14.4. The third-order valence-electron chi connectivity index (χ3n) is 4.90. The summed E-state index contributed by atoms with van der Waals surface area (Å²) in [5.41, 5.74) is 3.06. The molecular weight excluding hydrogens is 324 g/mol. The maximum Gasteiger partial charge on any atom is 0.251 e. The summed E-state index contributed by atoms with van der Waals surface area (Å²) >= 11 is 0. The number of nitrogens with zero attached hydrogens (tertiary/aromatic N) is 1. The fourth-order valence-corrected chi connectivity index (χ4v) is 3.41. The van der Waals surface area contributed by atoms with Gasteiger partial charge in [-0.25, -0.2) is 0 Å². The summed E-state index contributed by atoms with van der Waals surface area (Å²) in [6.07, 6.45) is 0.862. The molecule has 130 valence electrons. The topological polar surface area (TPSA) is 49.4 Å². The summed E-state index contributed by atoms with van der Waals surface area (Å²) in [5, 5.41) is 4.86. The number of benzene rings is 3. The molecule has 0 atom stereocenters. The molecule has 0 spiro atoms. The molecule has 4 nitrogen and oxygen atoms in total. The quantitative estimate of drug-likeness (QED) is 0.793. The highest BCUT2D eigenvalue weighted by Crippen LogP contribution is 2.18. The van der Waals surface area contributed by atoms with E-state index >= 15 is 0 Å². The zero-order chi connectivity index (χ0) is 17.9. The van der Waals surface area contributed by atoms with Crippen LogP contribution in [0.15, 0.2) is 66.7 Å². The van der Waals surface area contributed by atoms with Gasteiger partial charge in [-0.05, 0) is 40.5 Å². The van der Waals surface area contributed by atoms with Gasteiger partial charge in [-0.2, -0.15) is 0 Å². The van der Waals surface area contributed by atoms with Gasteiger partial charge < -0.3 is 10.2 Å². The Balaban J connectivity index is 1.38. The Morgan fingerprint density at radius 2 is 1.62 bits per heavy atom. The van der Waals surface area contributed by atoms with Crippen molar-refractivity contribution in [1.29, 1.82) is 0 Å². The van der Waals surface area contributed by atoms with Crippen LogP contribution >= 0.6 is 0 Å². The molecule has 3 aromatic rings. The van der Waals surface area contributed by atoms with E-state index in [2.05, 4.69) is 17.4 Å². The van der Waals surface area contributed by atoms with Crippen LogP contribution in [0.3, 0.4) is 0 Å². The normalized spacial score (nSPS) is 13.3. The molecule has 0 bridgehead atoms. The van der Waals surface area contributed by atoms with Crippen molar-refractivity contribution in [3.8, 4) is 0 Å². The zero-order valence-corrected chi connectivity index (χ0v) is 14.4. The van der Waals surface area contributed by atoms with Gasteiger partial charge in [0, 0.05) is 18.7 Å². The van der Waals surface area contributed by atoms with Gasteiger partial charge in [0.2, 0.25) is 5.91 Å².